The topological polar surface area (TPSA) is 90.3 Å². The van der Waals surface area contributed by atoms with Gasteiger partial charge in [0.05, 0.1) is 23.0 Å². The van der Waals surface area contributed by atoms with E-state index in [1.165, 1.54) is 12.1 Å². The van der Waals surface area contributed by atoms with Gasteiger partial charge in [-0.15, -0.1) is 0 Å². The van der Waals surface area contributed by atoms with Crippen LogP contribution in [0.3, 0.4) is 0 Å². The van der Waals surface area contributed by atoms with E-state index >= 15 is 0 Å². The summed E-state index contributed by atoms with van der Waals surface area (Å²) in [6.45, 7) is 8.25. The average Bonchev–Trinajstić information content (AvgIpc) is 3.20. The molecule has 0 atom stereocenters. The first-order chi connectivity index (χ1) is 12.9. The van der Waals surface area contributed by atoms with Gasteiger partial charge in [0.1, 0.15) is 5.82 Å². The molecule has 0 saturated carbocycles. The first-order valence-electron chi connectivity index (χ1n) is 8.65. The van der Waals surface area contributed by atoms with Crippen molar-refractivity contribution in [2.45, 2.75) is 33.7 Å². The molecular weight excluding hydrogens is 344 g/mol. The molecule has 0 aliphatic heterocycles. The highest BCUT2D eigenvalue weighted by Gasteiger charge is 2.14. The number of non-ortho nitro benzene ring substituents is 1. The molecule has 0 spiro atoms. The molecule has 0 bridgehead atoms. The number of nitro benzene ring substituents is 1. The quantitative estimate of drug-likeness (QED) is 0.402. The minimum Gasteiger partial charge on any atom is -0.303 e. The average molecular weight is 366 g/mol. The van der Waals surface area contributed by atoms with Gasteiger partial charge in [0.2, 0.25) is 0 Å². The maximum absolute atomic E-state index is 10.9. The molecule has 0 radical (unpaired) electrons. The molecule has 0 unspecified atom stereocenters. The molecule has 0 aliphatic rings. The largest absolute Gasteiger partial charge is 0.303 e. The molecule has 8 nitrogen and oxygen atoms in total. The minimum atomic E-state index is -0.430. The number of benzene rings is 1. The highest BCUT2D eigenvalue weighted by atomic mass is 16.6. The molecule has 0 amide bonds. The zero-order valence-corrected chi connectivity index (χ0v) is 15.7. The van der Waals surface area contributed by atoms with Crippen molar-refractivity contribution < 1.29 is 4.92 Å². The van der Waals surface area contributed by atoms with Crippen molar-refractivity contribution >= 4 is 17.6 Å². The summed E-state index contributed by atoms with van der Waals surface area (Å²) in [6, 6.07) is 10.5. The van der Waals surface area contributed by atoms with Crippen LogP contribution in [0, 0.1) is 24.0 Å². The molecule has 3 aromatic rings. The van der Waals surface area contributed by atoms with Gasteiger partial charge in [-0.2, -0.15) is 10.2 Å². The summed E-state index contributed by atoms with van der Waals surface area (Å²) >= 11 is 0. The fourth-order valence-electron chi connectivity index (χ4n) is 3.02. The summed E-state index contributed by atoms with van der Waals surface area (Å²) in [7, 11) is 0. The fourth-order valence-corrected chi connectivity index (χ4v) is 3.02. The molecule has 2 aromatic heterocycles. The number of rotatable bonds is 6. The Kier molecular flexibility index (Phi) is 5.07. The molecule has 0 saturated heterocycles. The number of aryl methyl sites for hydroxylation is 1. The third kappa shape index (κ3) is 3.74. The third-order valence-electron chi connectivity index (χ3n) is 4.29. The van der Waals surface area contributed by atoms with Crippen LogP contribution in [-0.4, -0.2) is 25.5 Å². The summed E-state index contributed by atoms with van der Waals surface area (Å²) < 4.78 is 4.12. The normalized spacial score (nSPS) is 11.4. The summed E-state index contributed by atoms with van der Waals surface area (Å²) in [5, 5.41) is 19.5. The Bertz CT molecular complexity index is 1000. The van der Waals surface area contributed by atoms with Crippen molar-refractivity contribution in [2.24, 2.45) is 5.10 Å². The highest BCUT2D eigenvalue weighted by Crippen LogP contribution is 2.22. The van der Waals surface area contributed by atoms with Crippen LogP contribution in [0.5, 0.6) is 0 Å². The van der Waals surface area contributed by atoms with Crippen molar-refractivity contribution in [3.05, 3.63) is 69.7 Å². The summed E-state index contributed by atoms with van der Waals surface area (Å²) in [4.78, 5) is 10.4. The van der Waals surface area contributed by atoms with E-state index in [1.807, 2.05) is 30.7 Å². The monoisotopic (exact) mass is 366 g/mol. The number of aromatic nitrogens is 3. The lowest BCUT2D eigenvalue weighted by molar-refractivity contribution is -0.384. The molecule has 3 rings (SSSR count). The fraction of sp³-hybridized carbons (Fsp3) is 0.263. The molecule has 0 fully saturated rings. The number of nitro groups is 1. The second-order valence-electron chi connectivity index (χ2n) is 6.57. The Morgan fingerprint density at radius 2 is 2.04 bits per heavy atom. The zero-order chi connectivity index (χ0) is 19.6. The van der Waals surface area contributed by atoms with E-state index in [2.05, 4.69) is 34.0 Å². The Labute approximate surface area is 157 Å². The molecular formula is C19H22N6O2. The van der Waals surface area contributed by atoms with Gasteiger partial charge in [-0.3, -0.25) is 15.5 Å². The van der Waals surface area contributed by atoms with Crippen molar-refractivity contribution in [3.63, 3.8) is 0 Å². The zero-order valence-electron chi connectivity index (χ0n) is 15.7. The lowest BCUT2D eigenvalue weighted by atomic mass is 10.2. The van der Waals surface area contributed by atoms with Crippen LogP contribution in [0.25, 0.3) is 5.82 Å². The molecule has 140 valence electrons. The molecule has 1 aromatic carbocycles. The highest BCUT2D eigenvalue weighted by molar-refractivity contribution is 5.82. The van der Waals surface area contributed by atoms with Crippen LogP contribution >= 0.6 is 0 Å². The van der Waals surface area contributed by atoms with Crippen LogP contribution in [0.15, 0.2) is 47.7 Å². The standard InChI is InChI=1S/C19H22N6O2/c1-13(2)24-19(8-9-21-24)23-14(3)10-16(15(23)4)12-20-22-17-6-5-7-18(11-17)25(26)27/h5-13,22H,1-4H3/b20-12-. The molecule has 27 heavy (non-hydrogen) atoms. The van der Waals surface area contributed by atoms with Gasteiger partial charge < -0.3 is 4.57 Å². The van der Waals surface area contributed by atoms with Crippen LogP contribution in [-0.2, 0) is 0 Å². The smallest absolute Gasteiger partial charge is 0.271 e. The van der Waals surface area contributed by atoms with Gasteiger partial charge in [-0.25, -0.2) is 4.68 Å². The number of hydrazone groups is 1. The second-order valence-corrected chi connectivity index (χ2v) is 6.57. The molecule has 2 heterocycles. The lowest BCUT2D eigenvalue weighted by Gasteiger charge is -2.15. The van der Waals surface area contributed by atoms with E-state index < -0.39 is 4.92 Å². The van der Waals surface area contributed by atoms with E-state index in [1.54, 1.807) is 24.5 Å². The van der Waals surface area contributed by atoms with Crippen molar-refractivity contribution in [1.82, 2.24) is 14.3 Å². The number of hydrogen-bond donors (Lipinski definition) is 1. The summed E-state index contributed by atoms with van der Waals surface area (Å²) in [6.07, 6.45) is 3.51. The van der Waals surface area contributed by atoms with Crippen LogP contribution in [0.2, 0.25) is 0 Å². The second kappa shape index (κ2) is 7.45. The summed E-state index contributed by atoms with van der Waals surface area (Å²) in [5.41, 5.74) is 6.51. The van der Waals surface area contributed by atoms with Crippen LogP contribution in [0.4, 0.5) is 11.4 Å². The maximum Gasteiger partial charge on any atom is 0.271 e. The van der Waals surface area contributed by atoms with E-state index in [4.69, 9.17) is 0 Å². The Morgan fingerprint density at radius 3 is 2.74 bits per heavy atom. The van der Waals surface area contributed by atoms with Gasteiger partial charge in [0.15, 0.2) is 0 Å². The van der Waals surface area contributed by atoms with Gasteiger partial charge in [-0.1, -0.05) is 6.07 Å². The minimum absolute atomic E-state index is 0.0234. The number of hydrogen-bond acceptors (Lipinski definition) is 5. The predicted molar refractivity (Wildman–Crippen MR) is 106 cm³/mol. The third-order valence-corrected chi connectivity index (χ3v) is 4.29. The SMILES string of the molecule is Cc1cc(/C=N\Nc2cccc([N+](=O)[O-])c2)c(C)n1-c1ccnn1C(C)C. The van der Waals surface area contributed by atoms with Crippen molar-refractivity contribution in [3.8, 4) is 5.82 Å². The molecule has 0 aliphatic carbocycles. The predicted octanol–water partition coefficient (Wildman–Crippen LogP) is 4.23. The Hall–Kier alpha value is -3.42. The van der Waals surface area contributed by atoms with E-state index in [9.17, 15) is 10.1 Å². The van der Waals surface area contributed by atoms with Gasteiger partial charge >= 0.3 is 0 Å². The van der Waals surface area contributed by atoms with Crippen LogP contribution < -0.4 is 5.43 Å². The maximum atomic E-state index is 10.9. The first kappa shape index (κ1) is 18.4. The van der Waals surface area contributed by atoms with Crippen LogP contribution in [0.1, 0.15) is 36.8 Å². The van der Waals surface area contributed by atoms with Gasteiger partial charge in [0, 0.05) is 41.2 Å². The van der Waals surface area contributed by atoms with Crippen molar-refractivity contribution in [1.29, 1.82) is 0 Å². The van der Waals surface area contributed by atoms with E-state index in [0.717, 1.165) is 22.8 Å². The lowest BCUT2D eigenvalue weighted by Crippen LogP contribution is -2.11. The van der Waals surface area contributed by atoms with E-state index in [-0.39, 0.29) is 11.7 Å². The number of nitrogens with one attached hydrogen (secondary N) is 1. The van der Waals surface area contributed by atoms with Crippen molar-refractivity contribution in [2.75, 3.05) is 5.43 Å². The van der Waals surface area contributed by atoms with Gasteiger partial charge in [-0.05, 0) is 39.8 Å². The first-order valence-corrected chi connectivity index (χ1v) is 8.65. The number of nitrogens with zero attached hydrogens (tertiary/aromatic N) is 5. The molecule has 1 N–H and O–H groups in total. The van der Waals surface area contributed by atoms with E-state index in [0.29, 0.717) is 5.69 Å². The molecule has 8 heteroatoms. The summed E-state index contributed by atoms with van der Waals surface area (Å²) in [5.74, 6) is 1.01. The van der Waals surface area contributed by atoms with Gasteiger partial charge in [0.25, 0.3) is 5.69 Å². The Morgan fingerprint density at radius 1 is 1.26 bits per heavy atom. The Balaban J connectivity index is 1.85. The number of anilines is 1.